The summed E-state index contributed by atoms with van der Waals surface area (Å²) in [6.45, 7) is 21.3. The number of fused-ring (bicyclic) bond motifs is 5. The number of aliphatic hydroxyl groups excluding tert-OH is 3. The topological polar surface area (TPSA) is 294 Å². The van der Waals surface area contributed by atoms with Gasteiger partial charge in [-0.2, -0.15) is 0 Å². The fourth-order valence-electron chi connectivity index (χ4n) is 16.5. The Bertz CT molecular complexity index is 2500. The fraction of sp³-hybridized carbons (Fsp3) is 0.871. The third-order valence-corrected chi connectivity index (χ3v) is 22.2. The van der Waals surface area contributed by atoms with E-state index in [0.717, 1.165) is 6.08 Å². The van der Waals surface area contributed by atoms with Gasteiger partial charge in [0.2, 0.25) is 5.91 Å². The molecule has 0 bridgehead atoms. The normalized spacial score (nSPS) is 50.0. The predicted molar refractivity (Wildman–Crippen MR) is 307 cm³/mol. The van der Waals surface area contributed by atoms with Crippen molar-refractivity contribution in [3.8, 4) is 0 Å². The van der Waals surface area contributed by atoms with Crippen LogP contribution in [0.5, 0.6) is 0 Å². The van der Waals surface area contributed by atoms with Crippen LogP contribution in [0.4, 0.5) is 8.78 Å². The van der Waals surface area contributed by atoms with Gasteiger partial charge in [-0.1, -0.05) is 40.7 Å². The number of rotatable bonds is 14. The molecule has 7 aliphatic rings. The van der Waals surface area contributed by atoms with Gasteiger partial charge in [0.1, 0.15) is 41.3 Å². The van der Waals surface area contributed by atoms with E-state index in [1.165, 1.54) is 40.2 Å². The van der Waals surface area contributed by atoms with Crippen LogP contribution in [-0.2, 0) is 52.3 Å². The number of alkyl halides is 2. The van der Waals surface area contributed by atoms with Crippen LogP contribution in [0.3, 0.4) is 0 Å². The molecule has 85 heavy (non-hydrogen) atoms. The molecular formula is C62H102F2N4O17. The van der Waals surface area contributed by atoms with Crippen LogP contribution >= 0.6 is 0 Å². The summed E-state index contributed by atoms with van der Waals surface area (Å²) in [5.41, 5.74) is -14.1. The Morgan fingerprint density at radius 2 is 1.53 bits per heavy atom. The van der Waals surface area contributed by atoms with Crippen molar-refractivity contribution in [2.45, 2.75) is 248 Å². The van der Waals surface area contributed by atoms with Crippen molar-refractivity contribution >= 4 is 23.6 Å². The number of carbonyl (C=O) groups excluding carboxylic acids is 4. The summed E-state index contributed by atoms with van der Waals surface area (Å²) in [6.07, 6.45) is -9.82. The lowest BCUT2D eigenvalue weighted by atomic mass is 9.44. The van der Waals surface area contributed by atoms with Crippen LogP contribution in [0.25, 0.3) is 0 Å². The summed E-state index contributed by atoms with van der Waals surface area (Å²) in [5.74, 6) is -7.82. The van der Waals surface area contributed by atoms with Crippen molar-refractivity contribution < 1.29 is 91.8 Å². The molecule has 23 heteroatoms. The molecule has 3 saturated carbocycles. The van der Waals surface area contributed by atoms with Crippen molar-refractivity contribution in [1.29, 1.82) is 0 Å². The lowest BCUT2D eigenvalue weighted by molar-refractivity contribution is -0.336. The highest BCUT2D eigenvalue weighted by Crippen LogP contribution is 2.71. The maximum absolute atomic E-state index is 17.8. The molecule has 27 atom stereocenters. The summed E-state index contributed by atoms with van der Waals surface area (Å²) in [5, 5.41) is 81.2. The van der Waals surface area contributed by atoms with Gasteiger partial charge in [-0.3, -0.25) is 19.2 Å². The van der Waals surface area contributed by atoms with Gasteiger partial charge in [0, 0.05) is 74.9 Å². The van der Waals surface area contributed by atoms with Gasteiger partial charge in [0.25, 0.3) is 5.91 Å². The highest BCUT2D eigenvalue weighted by molar-refractivity contribution is 6.01. The second-order valence-electron chi connectivity index (χ2n) is 27.8. The van der Waals surface area contributed by atoms with E-state index in [0.29, 0.717) is 6.42 Å². The summed E-state index contributed by atoms with van der Waals surface area (Å²) >= 11 is 0. The molecule has 21 nitrogen and oxygen atoms in total. The Morgan fingerprint density at radius 1 is 0.871 bits per heavy atom. The number of esters is 1. The number of methoxy groups -OCH3 is 2. The van der Waals surface area contributed by atoms with Crippen molar-refractivity contribution in [2.75, 3.05) is 47.9 Å². The molecule has 2 amide bonds. The number of nitrogens with one attached hydrogen (secondary N) is 3. The molecule has 486 valence electrons. The summed E-state index contributed by atoms with van der Waals surface area (Å²) in [6, 6.07) is -1.37. The molecule has 3 heterocycles. The number of halogens is 2. The molecule has 0 aromatic heterocycles. The van der Waals surface area contributed by atoms with Crippen molar-refractivity contribution in [1.82, 2.24) is 20.9 Å². The SMILES string of the molecule is CC[C@H]1OC(=O)[C@H](C)[C@@H](O[C@H]2C[C@@](C)(OC)[C@](O)(CNCCNC(=O)[C@@]3(O)[C@H](C)CC4C5C[C@H](F)C6=CC(=O)C=C[C@]6(C)[C@@]5(F)[C@@H](O)C[C@@]43C)[C@H](C)O2)[C@H](C)C(O[C@@H]2O[C@H](C)C[C@H](N(C)C)[C@H]2O)[C@](C)(OC)C[C@@H](C)C(=O)N[C@H](C)[C@@H](O)[C@]1(C)O. The Balaban J connectivity index is 1.11. The number of hydrogen-bond donors (Lipinski definition) is 9. The number of allylic oxidation sites excluding steroid dienone is 4. The number of aliphatic hydroxyl groups is 6. The Morgan fingerprint density at radius 3 is 2.14 bits per heavy atom. The van der Waals surface area contributed by atoms with Gasteiger partial charge in [0.15, 0.2) is 29.6 Å². The molecule has 3 saturated heterocycles. The van der Waals surface area contributed by atoms with Gasteiger partial charge in [-0.15, -0.1) is 0 Å². The number of nitrogens with zero attached hydrogens (tertiary/aromatic N) is 1. The minimum absolute atomic E-state index is 0.0139. The van der Waals surface area contributed by atoms with E-state index in [1.54, 1.807) is 69.2 Å². The van der Waals surface area contributed by atoms with Crippen LogP contribution in [0.1, 0.15) is 135 Å². The predicted octanol–water partition coefficient (Wildman–Crippen LogP) is 3.11. The van der Waals surface area contributed by atoms with Crippen LogP contribution in [0.2, 0.25) is 0 Å². The fourth-order valence-corrected chi connectivity index (χ4v) is 16.5. The zero-order chi connectivity index (χ0) is 63.7. The van der Waals surface area contributed by atoms with Crippen molar-refractivity contribution in [3.63, 3.8) is 0 Å². The number of carbonyl (C=O) groups is 4. The van der Waals surface area contributed by atoms with Gasteiger partial charge in [-0.25, -0.2) is 8.78 Å². The molecular weight excluding hydrogens is 1110 g/mol. The Hall–Kier alpha value is -3.14. The summed E-state index contributed by atoms with van der Waals surface area (Å²) in [4.78, 5) is 57.3. The average Bonchev–Trinajstić information content (AvgIpc) is 1.66. The number of cyclic esters (lactones) is 1. The quantitative estimate of drug-likeness (QED) is 0.0892. The van der Waals surface area contributed by atoms with E-state index in [2.05, 4.69) is 16.0 Å². The van der Waals surface area contributed by atoms with Gasteiger partial charge in [-0.05, 0) is 138 Å². The smallest absolute Gasteiger partial charge is 0.311 e. The minimum atomic E-state index is -2.38. The van der Waals surface area contributed by atoms with E-state index in [1.807, 2.05) is 25.9 Å². The maximum atomic E-state index is 17.8. The molecule has 9 N–H and O–H groups in total. The third kappa shape index (κ3) is 11.9. The highest BCUT2D eigenvalue weighted by atomic mass is 19.1. The number of amides is 2. The average molecular weight is 1210 g/mol. The lowest BCUT2D eigenvalue weighted by Gasteiger charge is -2.63. The molecule has 4 aliphatic carbocycles. The first-order valence-corrected chi connectivity index (χ1v) is 30.7. The molecule has 6 fully saturated rings. The molecule has 0 spiro atoms. The standard InChI is InChI=1S/C62H102F2N4O17/c1-18-45-59(13,76)49(72)36(7)67-51(73)31(2)27-57(11,79-16)50(85-53-47(71)43(68(14)15)24-33(4)81-53)34(5)48(35(6)52(74)83-45)84-46-29-58(12,80-17)60(77,37(8)82-46)30-65-21-22-66-54(75)62(78)32(3)23-39-40-26-42(63)41-25-38(69)19-20-55(41,9)61(40,64)44(70)28-56(39,62)10/h19-20,25,31-37,39-40,42-50,53,65,70-72,76-78H,18,21-24,26-30H2,1-17H3,(H,66,75)(H,67,73)/t31-,32-,33-,34+,35-,36-,37+,39?,40?,42+,43+,44+,45-,46+,47-,48+,49-,50?,53+,55+,56+,57-,58-,59-,60+,61+,62+/m1/s1. The van der Waals surface area contributed by atoms with E-state index in [-0.39, 0.29) is 75.9 Å². The molecule has 0 radical (unpaired) electrons. The molecule has 3 aliphatic heterocycles. The monoisotopic (exact) mass is 1210 g/mol. The number of ketones is 1. The molecule has 0 aromatic rings. The van der Waals surface area contributed by atoms with Gasteiger partial charge < -0.3 is 84.6 Å². The van der Waals surface area contributed by atoms with E-state index >= 15 is 8.78 Å². The zero-order valence-electron chi connectivity index (χ0n) is 53.1. The lowest BCUT2D eigenvalue weighted by Crippen LogP contribution is -2.71. The van der Waals surface area contributed by atoms with E-state index in [4.69, 9.17) is 33.2 Å². The molecule has 3 unspecified atom stereocenters. The first kappa shape index (κ1) is 69.3. The van der Waals surface area contributed by atoms with Crippen molar-refractivity contribution in [2.24, 2.45) is 46.3 Å². The first-order valence-electron chi connectivity index (χ1n) is 30.7. The largest absolute Gasteiger partial charge is 0.459 e. The zero-order valence-corrected chi connectivity index (χ0v) is 53.1. The third-order valence-electron chi connectivity index (χ3n) is 22.2. The highest BCUT2D eigenvalue weighted by Gasteiger charge is 2.77. The number of hydrogen-bond acceptors (Lipinski definition) is 19. The van der Waals surface area contributed by atoms with Crippen LogP contribution in [0, 0.1) is 46.3 Å². The number of likely N-dealkylation sites (N-methyl/N-ethyl adjacent to an activating group) is 1. The summed E-state index contributed by atoms with van der Waals surface area (Å²) in [7, 11) is 6.59. The van der Waals surface area contributed by atoms with E-state index < -0.39 is 171 Å². The minimum Gasteiger partial charge on any atom is -0.459 e. The maximum Gasteiger partial charge on any atom is 0.311 e. The van der Waals surface area contributed by atoms with Crippen LogP contribution in [-0.4, -0.2) is 220 Å². The molecule has 0 aromatic carbocycles. The summed E-state index contributed by atoms with van der Waals surface area (Å²) < 4.78 is 79.3. The second-order valence-corrected chi connectivity index (χ2v) is 27.8. The molecule has 7 rings (SSSR count). The van der Waals surface area contributed by atoms with Crippen LogP contribution in [0.15, 0.2) is 23.8 Å². The van der Waals surface area contributed by atoms with Gasteiger partial charge in [0.05, 0.1) is 48.1 Å². The first-order chi connectivity index (χ1) is 39.3. The van der Waals surface area contributed by atoms with Crippen LogP contribution < -0.4 is 16.0 Å². The van der Waals surface area contributed by atoms with Crippen molar-refractivity contribution in [3.05, 3.63) is 23.8 Å². The second kappa shape index (κ2) is 25.3. The van der Waals surface area contributed by atoms with E-state index in [9.17, 15) is 49.8 Å². The number of ether oxygens (including phenoxy) is 7. The Labute approximate surface area is 501 Å². The Kier molecular flexibility index (Phi) is 20.6. The van der Waals surface area contributed by atoms with Gasteiger partial charge >= 0.3 is 5.97 Å².